The Morgan fingerprint density at radius 3 is 1.70 bits per heavy atom. The first-order valence-electron chi connectivity index (χ1n) is 13.5. The van der Waals surface area contributed by atoms with Crippen LogP contribution in [0.4, 0.5) is 22.7 Å². The highest BCUT2D eigenvalue weighted by Gasteiger charge is 2.34. The van der Waals surface area contributed by atoms with Crippen LogP contribution in [0.1, 0.15) is 65.2 Å². The summed E-state index contributed by atoms with van der Waals surface area (Å²) in [5, 5.41) is 19.0. The third kappa shape index (κ3) is 5.40. The number of hydrogen-bond acceptors (Lipinski definition) is 10. The lowest BCUT2D eigenvalue weighted by Gasteiger charge is -2.25. The number of fused-ring (bicyclic) bond motifs is 2. The highest BCUT2D eigenvalue weighted by atomic mass is 32.2. The van der Waals surface area contributed by atoms with Crippen molar-refractivity contribution in [1.29, 1.82) is 0 Å². The molecule has 10 nitrogen and oxygen atoms in total. The number of rotatable bonds is 8. The first kappa shape index (κ1) is 31.4. The maximum absolute atomic E-state index is 14.3. The average Bonchev–Trinajstić information content (AvgIpc) is 2.94. The van der Waals surface area contributed by atoms with Gasteiger partial charge in [0.1, 0.15) is 4.90 Å². The maximum atomic E-state index is 14.3. The van der Waals surface area contributed by atoms with Gasteiger partial charge in [0.05, 0.1) is 34.5 Å². The Hall–Kier alpha value is -4.04. The van der Waals surface area contributed by atoms with Crippen LogP contribution >= 0.6 is 12.0 Å². The van der Waals surface area contributed by atoms with Crippen LogP contribution in [0.5, 0.6) is 0 Å². The number of aryl methyl sites for hydroxylation is 4. The molecule has 12 heteroatoms. The van der Waals surface area contributed by atoms with E-state index in [4.69, 9.17) is 5.26 Å². The molecular formula is C32H30N2O8S2. The van der Waals surface area contributed by atoms with Gasteiger partial charge in [0.25, 0.3) is 10.1 Å². The van der Waals surface area contributed by atoms with E-state index < -0.39 is 15.9 Å². The fourth-order valence-corrected chi connectivity index (χ4v) is 7.48. The molecule has 4 N–H and O–H groups in total. The van der Waals surface area contributed by atoms with E-state index in [1.165, 1.54) is 0 Å². The predicted octanol–water partition coefficient (Wildman–Crippen LogP) is 7.47. The lowest BCUT2D eigenvalue weighted by molar-refractivity contribution is -0.432. The van der Waals surface area contributed by atoms with Gasteiger partial charge in [-0.1, -0.05) is 41.4 Å². The number of benzene rings is 4. The van der Waals surface area contributed by atoms with Gasteiger partial charge < -0.3 is 10.6 Å². The molecule has 228 valence electrons. The van der Waals surface area contributed by atoms with E-state index in [0.29, 0.717) is 38.8 Å². The molecule has 0 saturated carbocycles. The fourth-order valence-electron chi connectivity index (χ4n) is 6.01. The molecule has 1 aliphatic carbocycles. The zero-order chi connectivity index (χ0) is 32.1. The van der Waals surface area contributed by atoms with Crippen LogP contribution in [0, 0.1) is 41.5 Å². The number of nitrogens with one attached hydrogen (secondary N) is 2. The summed E-state index contributed by atoms with van der Waals surface area (Å²) in [6.07, 6.45) is 0. The van der Waals surface area contributed by atoms with Gasteiger partial charge in [0.2, 0.25) is 0 Å². The van der Waals surface area contributed by atoms with Crippen LogP contribution in [0.3, 0.4) is 0 Å². The van der Waals surface area contributed by atoms with E-state index in [1.54, 1.807) is 63.2 Å². The molecule has 0 aliphatic heterocycles. The zero-order valence-electron chi connectivity index (χ0n) is 24.8. The molecule has 0 radical (unpaired) electrons. The van der Waals surface area contributed by atoms with E-state index in [9.17, 15) is 22.6 Å². The van der Waals surface area contributed by atoms with Crippen molar-refractivity contribution >= 4 is 56.5 Å². The van der Waals surface area contributed by atoms with E-state index in [1.807, 2.05) is 26.8 Å². The minimum absolute atomic E-state index is 0.147. The quantitative estimate of drug-likeness (QED) is 0.0582. The summed E-state index contributed by atoms with van der Waals surface area (Å²) in [6.45, 7) is 10.6. The smallest absolute Gasteiger partial charge is 0.295 e. The van der Waals surface area contributed by atoms with Crippen LogP contribution in [-0.2, 0) is 19.5 Å². The second-order valence-corrected chi connectivity index (χ2v) is 12.8. The zero-order valence-corrected chi connectivity index (χ0v) is 26.4. The van der Waals surface area contributed by atoms with Crippen molar-refractivity contribution in [3.63, 3.8) is 0 Å². The molecule has 0 aromatic heterocycles. The fraction of sp³-hybridized carbons (Fsp3) is 0.188. The molecule has 0 spiro atoms. The molecule has 0 bridgehead atoms. The molecule has 5 rings (SSSR count). The normalized spacial score (nSPS) is 12.6. The van der Waals surface area contributed by atoms with E-state index in [0.717, 1.165) is 28.7 Å². The molecule has 0 saturated heterocycles. The molecular weight excluding hydrogens is 604 g/mol. The lowest BCUT2D eigenvalue weighted by atomic mass is 9.82. The van der Waals surface area contributed by atoms with Crippen LogP contribution in [-0.4, -0.2) is 29.8 Å². The van der Waals surface area contributed by atoms with Crippen LogP contribution < -0.4 is 10.6 Å². The summed E-state index contributed by atoms with van der Waals surface area (Å²) in [6, 6.07) is 13.5. The van der Waals surface area contributed by atoms with Gasteiger partial charge >= 0.3 is 0 Å². The Morgan fingerprint density at radius 1 is 0.705 bits per heavy atom. The summed E-state index contributed by atoms with van der Waals surface area (Å²) < 4.78 is 38.9. The summed E-state index contributed by atoms with van der Waals surface area (Å²) in [7, 11) is -4.52. The first-order valence-corrected chi connectivity index (χ1v) is 15.7. The average molecular weight is 635 g/mol. The van der Waals surface area contributed by atoms with Crippen LogP contribution in [0.2, 0.25) is 0 Å². The Balaban J connectivity index is 1.63. The summed E-state index contributed by atoms with van der Waals surface area (Å²) in [4.78, 5) is 28.6. The number of hydrogen-bond donors (Lipinski definition) is 4. The Bertz CT molecular complexity index is 1990. The van der Waals surface area contributed by atoms with Gasteiger partial charge in [-0.2, -0.15) is 8.42 Å². The van der Waals surface area contributed by atoms with Crippen LogP contribution in [0.15, 0.2) is 58.3 Å². The van der Waals surface area contributed by atoms with Crippen molar-refractivity contribution in [2.45, 2.75) is 51.3 Å². The van der Waals surface area contributed by atoms with Crippen molar-refractivity contribution in [2.75, 3.05) is 10.6 Å². The van der Waals surface area contributed by atoms with Gasteiger partial charge in [0, 0.05) is 27.4 Å². The number of ketones is 2. The molecule has 0 amide bonds. The van der Waals surface area contributed by atoms with E-state index >= 15 is 0 Å². The molecule has 4 aromatic carbocycles. The third-order valence-corrected chi connectivity index (χ3v) is 9.87. The molecule has 0 atom stereocenters. The standard InChI is InChI=1S/C32H30N2O8S2/c1-15-13-17(3)31(43-42-41-37)19(5)27(15)33-23-11-7-9-21-25(23)30(36)26-22(29(21)35)10-8-12-24(26)34-28-16(2)14-18(4)32(20(28)6)44(38,39)40/h7-14,33-34,37H,1-6H3,(H,38,39,40). The summed E-state index contributed by atoms with van der Waals surface area (Å²) in [5.74, 6) is -0.729. The molecule has 0 unspecified atom stereocenters. The summed E-state index contributed by atoms with van der Waals surface area (Å²) in [5.41, 5.74) is 6.54. The number of carbonyl (C=O) groups is 2. The Labute approximate surface area is 259 Å². The minimum Gasteiger partial charge on any atom is -0.354 e. The van der Waals surface area contributed by atoms with E-state index in [2.05, 4.69) is 20.0 Å². The second-order valence-electron chi connectivity index (χ2n) is 10.7. The van der Waals surface area contributed by atoms with Crippen molar-refractivity contribution in [3.05, 3.63) is 104 Å². The summed E-state index contributed by atoms with van der Waals surface area (Å²) >= 11 is 0.841. The first-order chi connectivity index (χ1) is 20.8. The number of anilines is 4. The largest absolute Gasteiger partial charge is 0.354 e. The van der Waals surface area contributed by atoms with Gasteiger partial charge in [-0.05, 0) is 87.1 Å². The highest BCUT2D eigenvalue weighted by Crippen LogP contribution is 2.41. The molecule has 0 heterocycles. The van der Waals surface area contributed by atoms with Gasteiger partial charge in [-0.25, -0.2) is 5.26 Å². The monoisotopic (exact) mass is 634 g/mol. The van der Waals surface area contributed by atoms with Gasteiger partial charge in [0.15, 0.2) is 11.6 Å². The molecule has 44 heavy (non-hydrogen) atoms. The second kappa shape index (κ2) is 11.8. The number of carbonyl (C=O) groups excluding carboxylic acids is 2. The van der Waals surface area contributed by atoms with E-state index in [-0.39, 0.29) is 38.5 Å². The van der Waals surface area contributed by atoms with Crippen molar-refractivity contribution in [3.8, 4) is 0 Å². The maximum Gasteiger partial charge on any atom is 0.295 e. The van der Waals surface area contributed by atoms with Crippen molar-refractivity contribution < 1.29 is 37.2 Å². The van der Waals surface area contributed by atoms with Crippen molar-refractivity contribution in [1.82, 2.24) is 0 Å². The van der Waals surface area contributed by atoms with Gasteiger partial charge in [-0.3, -0.25) is 14.1 Å². The third-order valence-electron chi connectivity index (χ3n) is 7.80. The van der Waals surface area contributed by atoms with Crippen LogP contribution in [0.25, 0.3) is 0 Å². The van der Waals surface area contributed by atoms with Crippen molar-refractivity contribution in [2.24, 2.45) is 0 Å². The predicted molar refractivity (Wildman–Crippen MR) is 168 cm³/mol. The van der Waals surface area contributed by atoms with Gasteiger partial charge in [-0.15, -0.1) is 4.33 Å². The topological polar surface area (TPSA) is 151 Å². The Kier molecular flexibility index (Phi) is 8.42. The minimum atomic E-state index is -4.52. The molecule has 0 fully saturated rings. The Morgan fingerprint density at radius 2 is 1.20 bits per heavy atom. The highest BCUT2D eigenvalue weighted by molar-refractivity contribution is 7.94. The molecule has 1 aliphatic rings. The molecule has 4 aromatic rings. The lowest BCUT2D eigenvalue weighted by Crippen LogP contribution is -2.23. The SMILES string of the molecule is Cc1cc(C)c(SOOO)c(C)c1Nc1cccc2c1C(=O)c1c(Nc3c(C)cc(C)c(S(=O)(=O)O)c3C)cccc1C2=O.